The third kappa shape index (κ3) is 3.36. The molecule has 4 nitrogen and oxygen atoms in total. The highest BCUT2D eigenvalue weighted by molar-refractivity contribution is 7.10. The summed E-state index contributed by atoms with van der Waals surface area (Å²) in [6, 6.07) is 4.20. The largest absolute Gasteiger partial charge is 0.354 e. The van der Waals surface area contributed by atoms with Crippen molar-refractivity contribution in [1.29, 1.82) is 0 Å². The monoisotopic (exact) mass is 305 g/mol. The summed E-state index contributed by atoms with van der Waals surface area (Å²) in [6.07, 6.45) is 1.91. The van der Waals surface area contributed by atoms with Crippen molar-refractivity contribution in [2.45, 2.75) is 19.9 Å². The second-order valence-electron chi connectivity index (χ2n) is 5.58. The van der Waals surface area contributed by atoms with E-state index in [1.54, 1.807) is 11.3 Å². The lowest BCUT2D eigenvalue weighted by Crippen LogP contribution is -2.34. The highest BCUT2D eigenvalue weighted by atomic mass is 32.1. The predicted octanol–water partition coefficient (Wildman–Crippen LogP) is 2.74. The number of carbonyl (C=O) groups is 1. The van der Waals surface area contributed by atoms with E-state index in [1.807, 2.05) is 44.9 Å². The summed E-state index contributed by atoms with van der Waals surface area (Å²) in [7, 11) is 6.04. The first kappa shape index (κ1) is 15.8. The van der Waals surface area contributed by atoms with Crippen LogP contribution in [0.5, 0.6) is 0 Å². The van der Waals surface area contributed by atoms with Crippen LogP contribution in [-0.2, 0) is 7.05 Å². The van der Waals surface area contributed by atoms with Gasteiger partial charge in [-0.1, -0.05) is 0 Å². The standard InChI is InChI=1S/C16H23N3OS/c1-11-7-9-21-15(11)14(18(3)4)10-17-16(20)13-6-8-19(5)12(13)2/h6-9,14H,10H2,1-5H3,(H,17,20). The van der Waals surface area contributed by atoms with Crippen LogP contribution in [0.4, 0.5) is 0 Å². The third-order valence-corrected chi connectivity index (χ3v) is 5.03. The van der Waals surface area contributed by atoms with Crippen LogP contribution in [0.3, 0.4) is 0 Å². The van der Waals surface area contributed by atoms with Gasteiger partial charge in [-0.3, -0.25) is 4.79 Å². The van der Waals surface area contributed by atoms with Gasteiger partial charge in [0.05, 0.1) is 11.6 Å². The lowest BCUT2D eigenvalue weighted by molar-refractivity contribution is 0.0941. The number of nitrogens with one attached hydrogen (secondary N) is 1. The van der Waals surface area contributed by atoms with Crippen LogP contribution in [0.1, 0.15) is 32.5 Å². The normalized spacial score (nSPS) is 12.7. The summed E-state index contributed by atoms with van der Waals surface area (Å²) in [5.41, 5.74) is 3.02. The van der Waals surface area contributed by atoms with Gasteiger partial charge in [-0.2, -0.15) is 0 Å². The van der Waals surface area contributed by atoms with E-state index in [1.165, 1.54) is 10.4 Å². The van der Waals surface area contributed by atoms with Gasteiger partial charge in [-0.25, -0.2) is 0 Å². The fraction of sp³-hybridized carbons (Fsp3) is 0.438. The maximum atomic E-state index is 12.3. The third-order valence-electron chi connectivity index (χ3n) is 3.91. The zero-order valence-electron chi connectivity index (χ0n) is 13.3. The summed E-state index contributed by atoms with van der Waals surface area (Å²) in [5.74, 6) is -0.00541. The first-order valence-electron chi connectivity index (χ1n) is 7.02. The summed E-state index contributed by atoms with van der Waals surface area (Å²) >= 11 is 1.74. The summed E-state index contributed by atoms with van der Waals surface area (Å²) in [5, 5.41) is 5.16. The highest BCUT2D eigenvalue weighted by Gasteiger charge is 2.19. The first-order valence-corrected chi connectivity index (χ1v) is 7.90. The molecule has 0 aliphatic carbocycles. The number of rotatable bonds is 5. The molecule has 0 spiro atoms. The Morgan fingerprint density at radius 3 is 2.57 bits per heavy atom. The Labute approximate surface area is 130 Å². The zero-order valence-corrected chi connectivity index (χ0v) is 14.1. The van der Waals surface area contributed by atoms with Crippen LogP contribution in [0.25, 0.3) is 0 Å². The van der Waals surface area contributed by atoms with Crippen LogP contribution in [-0.4, -0.2) is 36.0 Å². The molecule has 5 heteroatoms. The van der Waals surface area contributed by atoms with E-state index in [-0.39, 0.29) is 11.9 Å². The fourth-order valence-electron chi connectivity index (χ4n) is 2.37. The molecule has 1 amide bonds. The number of hydrogen-bond donors (Lipinski definition) is 1. The predicted molar refractivity (Wildman–Crippen MR) is 88.0 cm³/mol. The molecule has 0 fully saturated rings. The van der Waals surface area contributed by atoms with E-state index in [0.717, 1.165) is 11.3 Å². The Balaban J connectivity index is 2.08. The molecule has 114 valence electrons. The van der Waals surface area contributed by atoms with Gasteiger partial charge in [0.15, 0.2) is 0 Å². The van der Waals surface area contributed by atoms with Crippen molar-refractivity contribution < 1.29 is 4.79 Å². The Bertz CT molecular complexity index is 627. The van der Waals surface area contributed by atoms with Gasteiger partial charge >= 0.3 is 0 Å². The number of likely N-dealkylation sites (N-methyl/N-ethyl adjacent to an activating group) is 1. The Morgan fingerprint density at radius 1 is 1.38 bits per heavy atom. The molecule has 0 aliphatic heterocycles. The van der Waals surface area contributed by atoms with Crippen molar-refractivity contribution >= 4 is 17.2 Å². The molecule has 0 aliphatic rings. The van der Waals surface area contributed by atoms with Crippen LogP contribution < -0.4 is 5.32 Å². The second kappa shape index (κ2) is 6.45. The van der Waals surface area contributed by atoms with E-state index < -0.39 is 0 Å². The summed E-state index contributed by atoms with van der Waals surface area (Å²) in [6.45, 7) is 4.69. The van der Waals surface area contributed by atoms with E-state index in [2.05, 4.69) is 28.6 Å². The van der Waals surface area contributed by atoms with Crippen molar-refractivity contribution in [3.63, 3.8) is 0 Å². The van der Waals surface area contributed by atoms with Crippen LogP contribution in [0.2, 0.25) is 0 Å². The van der Waals surface area contributed by atoms with Gasteiger partial charge < -0.3 is 14.8 Å². The quantitative estimate of drug-likeness (QED) is 0.922. The van der Waals surface area contributed by atoms with Crippen LogP contribution in [0, 0.1) is 13.8 Å². The molecule has 2 aromatic heterocycles. The number of aryl methyl sites for hydroxylation is 2. The lowest BCUT2D eigenvalue weighted by atomic mass is 10.1. The van der Waals surface area contributed by atoms with E-state index in [9.17, 15) is 4.79 Å². The number of carbonyl (C=O) groups excluding carboxylic acids is 1. The topological polar surface area (TPSA) is 37.3 Å². The molecule has 0 radical (unpaired) electrons. The minimum Gasteiger partial charge on any atom is -0.354 e. The van der Waals surface area contributed by atoms with E-state index in [4.69, 9.17) is 0 Å². The minimum absolute atomic E-state index is 0.00541. The number of thiophene rings is 1. The molecule has 1 N–H and O–H groups in total. The number of hydrogen-bond acceptors (Lipinski definition) is 3. The molecule has 0 saturated heterocycles. The van der Waals surface area contributed by atoms with Crippen molar-refractivity contribution in [3.05, 3.63) is 45.4 Å². The van der Waals surface area contributed by atoms with Crippen molar-refractivity contribution in [1.82, 2.24) is 14.8 Å². The number of aromatic nitrogens is 1. The van der Waals surface area contributed by atoms with E-state index >= 15 is 0 Å². The van der Waals surface area contributed by atoms with Crippen molar-refractivity contribution in [2.24, 2.45) is 7.05 Å². The molecule has 21 heavy (non-hydrogen) atoms. The fourth-order valence-corrected chi connectivity index (χ4v) is 3.49. The first-order chi connectivity index (χ1) is 9.91. The maximum Gasteiger partial charge on any atom is 0.253 e. The molecule has 0 saturated carbocycles. The van der Waals surface area contributed by atoms with Gasteiger partial charge in [0.1, 0.15) is 0 Å². The van der Waals surface area contributed by atoms with Gasteiger partial charge in [-0.15, -0.1) is 11.3 Å². The average molecular weight is 305 g/mol. The van der Waals surface area contributed by atoms with Crippen molar-refractivity contribution in [3.8, 4) is 0 Å². The van der Waals surface area contributed by atoms with Gasteiger partial charge in [-0.05, 0) is 51.0 Å². The SMILES string of the molecule is Cc1ccsc1C(CNC(=O)c1ccn(C)c1C)N(C)C. The van der Waals surface area contributed by atoms with Gasteiger partial charge in [0, 0.05) is 30.4 Å². The molecule has 2 aromatic rings. The van der Waals surface area contributed by atoms with Crippen LogP contribution in [0.15, 0.2) is 23.7 Å². The molecule has 0 aromatic carbocycles. The molecule has 0 bridgehead atoms. The van der Waals surface area contributed by atoms with Gasteiger partial charge in [0.2, 0.25) is 0 Å². The molecule has 2 rings (SSSR count). The molecular formula is C16H23N3OS. The lowest BCUT2D eigenvalue weighted by Gasteiger charge is -2.24. The Kier molecular flexibility index (Phi) is 4.85. The average Bonchev–Trinajstić information content (AvgIpc) is 2.98. The number of nitrogens with zero attached hydrogens (tertiary/aromatic N) is 2. The Hall–Kier alpha value is -1.59. The maximum absolute atomic E-state index is 12.3. The second-order valence-corrected chi connectivity index (χ2v) is 6.53. The van der Waals surface area contributed by atoms with Gasteiger partial charge in [0.25, 0.3) is 5.91 Å². The molecule has 2 heterocycles. The zero-order chi connectivity index (χ0) is 15.6. The molecule has 1 atom stereocenters. The smallest absolute Gasteiger partial charge is 0.253 e. The highest BCUT2D eigenvalue weighted by Crippen LogP contribution is 2.26. The molecule has 1 unspecified atom stereocenters. The minimum atomic E-state index is -0.00541. The van der Waals surface area contributed by atoms with Crippen molar-refractivity contribution in [2.75, 3.05) is 20.6 Å². The summed E-state index contributed by atoms with van der Waals surface area (Å²) in [4.78, 5) is 15.8. The Morgan fingerprint density at radius 2 is 2.10 bits per heavy atom. The number of amides is 1. The molecular weight excluding hydrogens is 282 g/mol. The summed E-state index contributed by atoms with van der Waals surface area (Å²) < 4.78 is 1.96. The van der Waals surface area contributed by atoms with Crippen LogP contribution >= 0.6 is 11.3 Å². The van der Waals surface area contributed by atoms with E-state index in [0.29, 0.717) is 6.54 Å².